The summed E-state index contributed by atoms with van der Waals surface area (Å²) in [5, 5.41) is 0. The van der Waals surface area contributed by atoms with Crippen LogP contribution >= 0.6 is 0 Å². The standard InChI is InChI=1S/C44H69N2OSi/c1-15-17-25-44(26-18-16-2)39-29-35(47-34-21-19-33(20-22-34)42(4,5)6)23-24-36(39)38-28-32-27-31(3)41(37(32)30-40(38)44)48(13,14)45(43(7,8)9)46(10,11)12/h19-24,28-32,37,41H,15-18,25-27H2,1-14H3/q+1. The second-order valence-corrected chi connectivity index (χ2v) is 23.5. The molecule has 2 aromatic rings. The Morgan fingerprint density at radius 2 is 1.44 bits per heavy atom. The third-order valence-electron chi connectivity index (χ3n) is 12.0. The molecule has 3 aliphatic carbocycles. The Labute approximate surface area is 296 Å². The highest BCUT2D eigenvalue weighted by Gasteiger charge is 2.59. The number of hydrogen-bond donors (Lipinski definition) is 0. The molecule has 2 aromatic carbocycles. The number of benzene rings is 2. The van der Waals surface area contributed by atoms with Crippen molar-refractivity contribution in [3.8, 4) is 11.5 Å². The van der Waals surface area contributed by atoms with Crippen molar-refractivity contribution in [3.05, 3.63) is 76.9 Å². The second-order valence-electron chi connectivity index (χ2n) is 19.1. The molecule has 0 aliphatic heterocycles. The maximum absolute atomic E-state index is 6.63. The van der Waals surface area contributed by atoms with Crippen LogP contribution in [0.1, 0.15) is 124 Å². The molecule has 0 spiro atoms. The van der Waals surface area contributed by atoms with Crippen LogP contribution in [0.5, 0.6) is 11.5 Å². The van der Waals surface area contributed by atoms with Gasteiger partial charge in [0.1, 0.15) is 11.5 Å². The van der Waals surface area contributed by atoms with Crippen LogP contribution in [-0.2, 0) is 10.8 Å². The SMILES string of the molecule is CCCCC1(CCCC)C2=CC3C(C=C2c2ccc(Oc4ccc(C(C)(C)C)cc4)cc21)CC(C)C3[Si](C)(C)N(C(C)(C)C)[N+](C)(C)C. The van der Waals surface area contributed by atoms with Gasteiger partial charge < -0.3 is 4.74 Å². The fraction of sp³-hybridized carbons (Fsp3) is 0.636. The van der Waals surface area contributed by atoms with E-state index in [1.165, 1.54) is 61.6 Å². The van der Waals surface area contributed by atoms with Crippen molar-refractivity contribution in [1.29, 1.82) is 0 Å². The van der Waals surface area contributed by atoms with E-state index in [0.717, 1.165) is 16.1 Å². The van der Waals surface area contributed by atoms with E-state index in [4.69, 9.17) is 4.74 Å². The molecule has 264 valence electrons. The van der Waals surface area contributed by atoms with Gasteiger partial charge in [-0.15, -0.1) is 0 Å². The summed E-state index contributed by atoms with van der Waals surface area (Å²) in [5.41, 5.74) is 8.53. The van der Waals surface area contributed by atoms with Gasteiger partial charge in [-0.1, -0.05) is 111 Å². The quantitative estimate of drug-likeness (QED) is 0.134. The van der Waals surface area contributed by atoms with Gasteiger partial charge in [0, 0.05) is 5.41 Å². The van der Waals surface area contributed by atoms with Crippen LogP contribution in [0, 0.1) is 17.8 Å². The molecule has 0 saturated heterocycles. The van der Waals surface area contributed by atoms with Gasteiger partial charge in [0.05, 0.1) is 26.7 Å². The summed E-state index contributed by atoms with van der Waals surface area (Å²) in [6.45, 7) is 26.8. The molecule has 1 saturated carbocycles. The first kappa shape index (κ1) is 37.1. The molecule has 0 heterocycles. The minimum absolute atomic E-state index is 0.0551. The number of nitrogens with zero attached hydrogens (tertiary/aromatic N) is 2. The summed E-state index contributed by atoms with van der Waals surface area (Å²) in [7, 11) is 5.25. The first-order chi connectivity index (χ1) is 22.3. The van der Waals surface area contributed by atoms with Crippen molar-refractivity contribution in [2.45, 2.75) is 142 Å². The number of fused-ring (bicyclic) bond motifs is 4. The lowest BCUT2D eigenvalue weighted by atomic mass is 9.68. The van der Waals surface area contributed by atoms with Crippen LogP contribution in [0.2, 0.25) is 18.6 Å². The number of ether oxygens (including phenoxy) is 1. The second kappa shape index (κ2) is 13.2. The van der Waals surface area contributed by atoms with Crippen molar-refractivity contribution in [2.75, 3.05) is 21.1 Å². The maximum Gasteiger partial charge on any atom is 0.191 e. The van der Waals surface area contributed by atoms with Crippen molar-refractivity contribution in [2.24, 2.45) is 17.8 Å². The fourth-order valence-electron chi connectivity index (χ4n) is 11.0. The van der Waals surface area contributed by atoms with E-state index in [0.29, 0.717) is 23.3 Å². The van der Waals surface area contributed by atoms with Crippen LogP contribution in [0.15, 0.2) is 60.2 Å². The smallest absolute Gasteiger partial charge is 0.191 e. The molecule has 0 N–H and O–H groups in total. The van der Waals surface area contributed by atoms with Gasteiger partial charge in [-0.25, -0.2) is 0 Å². The molecule has 5 rings (SSSR count). The fourth-order valence-corrected chi connectivity index (χ4v) is 17.4. The molecule has 4 heteroatoms. The van der Waals surface area contributed by atoms with Crippen molar-refractivity contribution < 1.29 is 9.33 Å². The predicted molar refractivity (Wildman–Crippen MR) is 210 cm³/mol. The Morgan fingerprint density at radius 3 is 1.96 bits per heavy atom. The summed E-state index contributed by atoms with van der Waals surface area (Å²) in [4.78, 5) is 0. The molecule has 0 radical (unpaired) electrons. The van der Waals surface area contributed by atoms with Gasteiger partial charge in [-0.2, -0.15) is 4.67 Å². The van der Waals surface area contributed by atoms with Crippen LogP contribution in [-0.4, -0.2) is 44.2 Å². The molecule has 4 unspecified atom stereocenters. The number of unbranched alkanes of at least 4 members (excludes halogenated alkanes) is 2. The summed E-state index contributed by atoms with van der Waals surface area (Å²) in [6, 6.07) is 15.8. The topological polar surface area (TPSA) is 12.5 Å². The number of rotatable bonds is 11. The van der Waals surface area contributed by atoms with Gasteiger partial charge in [-0.3, -0.25) is 4.59 Å². The summed E-state index contributed by atoms with van der Waals surface area (Å²) in [5.74, 6) is 3.82. The molecule has 4 atom stereocenters. The lowest BCUT2D eigenvalue weighted by molar-refractivity contribution is -0.978. The average Bonchev–Trinajstić information content (AvgIpc) is 3.42. The first-order valence-corrected chi connectivity index (χ1v) is 22.3. The summed E-state index contributed by atoms with van der Waals surface area (Å²) < 4.78 is 10.4. The summed E-state index contributed by atoms with van der Waals surface area (Å²) >= 11 is 0. The Morgan fingerprint density at radius 1 is 0.854 bits per heavy atom. The van der Waals surface area contributed by atoms with E-state index < -0.39 is 8.24 Å². The van der Waals surface area contributed by atoms with E-state index in [2.05, 4.69) is 156 Å². The molecule has 0 aromatic heterocycles. The third-order valence-corrected chi connectivity index (χ3v) is 16.9. The van der Waals surface area contributed by atoms with Crippen LogP contribution in [0.3, 0.4) is 0 Å². The van der Waals surface area contributed by atoms with Gasteiger partial charge in [0.2, 0.25) is 0 Å². The number of allylic oxidation sites excluding steroid dienone is 4. The molecule has 0 bridgehead atoms. The Hall–Kier alpha value is -2.14. The van der Waals surface area contributed by atoms with Crippen LogP contribution in [0.4, 0.5) is 0 Å². The number of hydrogen-bond acceptors (Lipinski definition) is 2. The molecule has 3 aliphatic rings. The van der Waals surface area contributed by atoms with Crippen molar-refractivity contribution in [3.63, 3.8) is 0 Å². The molecule has 1 fully saturated rings. The molecular weight excluding hydrogens is 601 g/mol. The average molecular weight is 670 g/mol. The Kier molecular flexibility index (Phi) is 10.2. The largest absolute Gasteiger partial charge is 0.457 e. The van der Waals surface area contributed by atoms with Crippen LogP contribution < -0.4 is 4.74 Å². The highest BCUT2D eigenvalue weighted by molar-refractivity contribution is 6.76. The van der Waals surface area contributed by atoms with Crippen LogP contribution in [0.25, 0.3) is 5.57 Å². The minimum Gasteiger partial charge on any atom is -0.457 e. The zero-order valence-corrected chi connectivity index (χ0v) is 34.3. The lowest BCUT2D eigenvalue weighted by Crippen LogP contribution is -2.72. The first-order valence-electron chi connectivity index (χ1n) is 19.3. The number of quaternary nitrogens is 1. The van der Waals surface area contributed by atoms with Gasteiger partial charge >= 0.3 is 0 Å². The van der Waals surface area contributed by atoms with Crippen molar-refractivity contribution >= 4 is 13.8 Å². The van der Waals surface area contributed by atoms with E-state index in [9.17, 15) is 0 Å². The van der Waals surface area contributed by atoms with E-state index in [1.807, 2.05) is 0 Å². The lowest BCUT2D eigenvalue weighted by Gasteiger charge is -2.55. The van der Waals surface area contributed by atoms with E-state index in [1.54, 1.807) is 11.1 Å². The third kappa shape index (κ3) is 6.80. The zero-order chi connectivity index (χ0) is 35.4. The molecule has 48 heavy (non-hydrogen) atoms. The maximum atomic E-state index is 6.63. The van der Waals surface area contributed by atoms with Gasteiger partial charge in [-0.05, 0) is 121 Å². The molecule has 0 amide bonds. The molecular formula is C44H69N2OSi+. The monoisotopic (exact) mass is 670 g/mol. The Bertz CT molecular complexity index is 1490. The molecule has 3 nitrogen and oxygen atoms in total. The van der Waals surface area contributed by atoms with E-state index in [-0.39, 0.29) is 16.4 Å². The zero-order valence-electron chi connectivity index (χ0n) is 33.3. The van der Waals surface area contributed by atoms with Gasteiger partial charge in [0.25, 0.3) is 0 Å². The summed E-state index contributed by atoms with van der Waals surface area (Å²) in [6.07, 6.45) is 14.3. The highest BCUT2D eigenvalue weighted by atomic mass is 28.3. The highest BCUT2D eigenvalue weighted by Crippen LogP contribution is 2.63. The minimum atomic E-state index is -1.92. The van der Waals surface area contributed by atoms with Gasteiger partial charge in [0.15, 0.2) is 8.24 Å². The predicted octanol–water partition coefficient (Wildman–Crippen LogP) is 12.3. The van der Waals surface area contributed by atoms with Crippen molar-refractivity contribution in [1.82, 2.24) is 4.67 Å². The Balaban J connectivity index is 1.61. The van der Waals surface area contributed by atoms with E-state index >= 15 is 0 Å². The normalized spacial score (nSPS) is 23.8.